The number of rotatable bonds is 2. The van der Waals surface area contributed by atoms with Crippen molar-refractivity contribution in [2.24, 2.45) is 0 Å². The van der Waals surface area contributed by atoms with Crippen LogP contribution in [0.2, 0.25) is 0 Å². The number of nitrogens with two attached hydrogens (primary N) is 1. The summed E-state index contributed by atoms with van der Waals surface area (Å²) in [6.07, 6.45) is -1.34. The van der Waals surface area contributed by atoms with E-state index in [1.807, 2.05) is 0 Å². The van der Waals surface area contributed by atoms with Crippen LogP contribution in [0, 0.1) is 0 Å². The number of pyridine rings is 1. The van der Waals surface area contributed by atoms with Gasteiger partial charge >= 0.3 is 0 Å². The summed E-state index contributed by atoms with van der Waals surface area (Å²) in [5.41, 5.74) is 3.94. The molecule has 78 valence electrons. The van der Waals surface area contributed by atoms with E-state index in [9.17, 15) is 17.2 Å². The lowest BCUT2D eigenvalue weighted by molar-refractivity contribution is 0.148. The number of nitrogens with zero attached hydrogens (tertiary/aromatic N) is 1. The van der Waals surface area contributed by atoms with Gasteiger partial charge in [0.15, 0.2) is 0 Å². The number of nitrogen functional groups attached to an aromatic ring is 1. The minimum absolute atomic E-state index is 0.401. The Hall–Kier alpha value is -0.950. The van der Waals surface area contributed by atoms with Gasteiger partial charge < -0.3 is 5.73 Å². The number of aromatic nitrogens is 1. The predicted molar refractivity (Wildman–Crippen MR) is 46.6 cm³/mol. The van der Waals surface area contributed by atoms with E-state index in [2.05, 4.69) is 4.98 Å². The summed E-state index contributed by atoms with van der Waals surface area (Å²) < 4.78 is 46.5. The topological polar surface area (TPSA) is 73.0 Å². The second-order valence-electron chi connectivity index (χ2n) is 2.38. The van der Waals surface area contributed by atoms with Gasteiger partial charge in [-0.3, -0.25) is 4.98 Å². The third kappa shape index (κ3) is 2.10. The second kappa shape index (κ2) is 3.66. The SMILES string of the molecule is Nc1cncc(S(=O)(=O)Cl)c1C(F)F. The molecule has 0 amide bonds. The summed E-state index contributed by atoms with van der Waals surface area (Å²) in [6.45, 7) is 0. The highest BCUT2D eigenvalue weighted by atomic mass is 35.7. The Morgan fingerprint density at radius 2 is 2.00 bits per heavy atom. The van der Waals surface area contributed by atoms with Crippen LogP contribution in [-0.4, -0.2) is 13.4 Å². The van der Waals surface area contributed by atoms with Crippen LogP contribution in [-0.2, 0) is 9.05 Å². The Kier molecular flexibility index (Phi) is 2.91. The molecule has 0 saturated carbocycles. The van der Waals surface area contributed by atoms with Crippen LogP contribution in [0.4, 0.5) is 14.5 Å². The molecule has 0 saturated heterocycles. The molecule has 0 aromatic carbocycles. The minimum Gasteiger partial charge on any atom is -0.397 e. The van der Waals surface area contributed by atoms with E-state index >= 15 is 0 Å². The zero-order chi connectivity index (χ0) is 10.9. The van der Waals surface area contributed by atoms with Gasteiger partial charge in [-0.05, 0) is 0 Å². The molecule has 14 heavy (non-hydrogen) atoms. The maximum atomic E-state index is 12.4. The fraction of sp³-hybridized carbons (Fsp3) is 0.167. The molecule has 8 heteroatoms. The van der Waals surface area contributed by atoms with Gasteiger partial charge in [-0.2, -0.15) is 0 Å². The molecule has 0 spiro atoms. The maximum Gasteiger partial charge on any atom is 0.267 e. The Labute approximate surface area is 83.1 Å². The van der Waals surface area contributed by atoms with E-state index < -0.39 is 31.6 Å². The van der Waals surface area contributed by atoms with Crippen molar-refractivity contribution in [2.45, 2.75) is 11.3 Å². The highest BCUT2D eigenvalue weighted by Crippen LogP contribution is 2.32. The van der Waals surface area contributed by atoms with Crippen molar-refractivity contribution in [3.8, 4) is 0 Å². The molecule has 1 heterocycles. The number of anilines is 1. The minimum atomic E-state index is -4.25. The van der Waals surface area contributed by atoms with Crippen molar-refractivity contribution in [1.29, 1.82) is 0 Å². The molecule has 0 aliphatic heterocycles. The van der Waals surface area contributed by atoms with Crippen LogP contribution in [0.25, 0.3) is 0 Å². The number of hydrogen-bond donors (Lipinski definition) is 1. The van der Waals surface area contributed by atoms with Crippen molar-refractivity contribution in [3.63, 3.8) is 0 Å². The van der Waals surface area contributed by atoms with E-state index in [-0.39, 0.29) is 0 Å². The summed E-state index contributed by atoms with van der Waals surface area (Å²) >= 11 is 0. The lowest BCUT2D eigenvalue weighted by atomic mass is 10.2. The van der Waals surface area contributed by atoms with Crippen LogP contribution in [0.5, 0.6) is 0 Å². The van der Waals surface area contributed by atoms with Gasteiger partial charge in [-0.1, -0.05) is 0 Å². The Morgan fingerprint density at radius 3 is 2.36 bits per heavy atom. The van der Waals surface area contributed by atoms with Gasteiger partial charge in [0.05, 0.1) is 17.4 Å². The third-order valence-corrected chi connectivity index (χ3v) is 2.81. The first-order valence-electron chi connectivity index (χ1n) is 3.30. The molecular formula is C6H5ClF2N2O2S. The van der Waals surface area contributed by atoms with Crippen LogP contribution in [0.15, 0.2) is 17.3 Å². The molecule has 0 atom stereocenters. The maximum absolute atomic E-state index is 12.4. The van der Waals surface area contributed by atoms with Gasteiger partial charge in [0, 0.05) is 16.9 Å². The average Bonchev–Trinajstić information content (AvgIpc) is 2.01. The third-order valence-electron chi connectivity index (χ3n) is 1.46. The first-order valence-corrected chi connectivity index (χ1v) is 5.61. The molecule has 0 bridgehead atoms. The fourth-order valence-corrected chi connectivity index (χ4v) is 1.92. The van der Waals surface area contributed by atoms with Gasteiger partial charge in [-0.15, -0.1) is 0 Å². The zero-order valence-electron chi connectivity index (χ0n) is 6.62. The van der Waals surface area contributed by atoms with E-state index in [1.54, 1.807) is 0 Å². The molecule has 1 aromatic rings. The smallest absolute Gasteiger partial charge is 0.267 e. The lowest BCUT2D eigenvalue weighted by Crippen LogP contribution is -2.04. The monoisotopic (exact) mass is 242 g/mol. The molecule has 2 N–H and O–H groups in total. The molecular weight excluding hydrogens is 238 g/mol. The first kappa shape index (κ1) is 11.1. The van der Waals surface area contributed by atoms with Gasteiger partial charge in [0.1, 0.15) is 4.90 Å². The van der Waals surface area contributed by atoms with E-state index in [1.165, 1.54) is 0 Å². The summed E-state index contributed by atoms with van der Waals surface area (Å²) in [4.78, 5) is 2.62. The summed E-state index contributed by atoms with van der Waals surface area (Å²) in [5, 5.41) is 0. The fourth-order valence-electron chi connectivity index (χ4n) is 0.894. The summed E-state index contributed by atoms with van der Waals surface area (Å²) in [6, 6.07) is 0. The van der Waals surface area contributed by atoms with Crippen molar-refractivity contribution < 1.29 is 17.2 Å². The Balaban J connectivity index is 3.52. The molecule has 0 unspecified atom stereocenters. The van der Waals surface area contributed by atoms with E-state index in [0.29, 0.717) is 0 Å². The molecule has 4 nitrogen and oxygen atoms in total. The zero-order valence-corrected chi connectivity index (χ0v) is 8.19. The van der Waals surface area contributed by atoms with Crippen LogP contribution < -0.4 is 5.73 Å². The van der Waals surface area contributed by atoms with Crippen molar-refractivity contribution in [3.05, 3.63) is 18.0 Å². The quantitative estimate of drug-likeness (QED) is 0.798. The van der Waals surface area contributed by atoms with Crippen LogP contribution >= 0.6 is 10.7 Å². The van der Waals surface area contributed by atoms with E-state index in [4.69, 9.17) is 16.4 Å². The van der Waals surface area contributed by atoms with Crippen molar-refractivity contribution in [2.75, 3.05) is 5.73 Å². The number of hydrogen-bond acceptors (Lipinski definition) is 4. The number of alkyl halides is 2. The summed E-state index contributed by atoms with van der Waals surface area (Å²) in [5.74, 6) is 0. The lowest BCUT2D eigenvalue weighted by Gasteiger charge is -2.07. The van der Waals surface area contributed by atoms with Crippen molar-refractivity contribution >= 4 is 25.4 Å². The van der Waals surface area contributed by atoms with Crippen LogP contribution in [0.1, 0.15) is 12.0 Å². The molecule has 0 aliphatic carbocycles. The summed E-state index contributed by atoms with van der Waals surface area (Å²) in [7, 11) is 0.672. The average molecular weight is 243 g/mol. The largest absolute Gasteiger partial charge is 0.397 e. The first-order chi connectivity index (χ1) is 6.34. The van der Waals surface area contributed by atoms with Crippen LogP contribution in [0.3, 0.4) is 0 Å². The molecule has 0 radical (unpaired) electrons. The Bertz CT molecular complexity index is 449. The Morgan fingerprint density at radius 1 is 1.43 bits per heavy atom. The molecule has 1 rings (SSSR count). The van der Waals surface area contributed by atoms with Crippen molar-refractivity contribution in [1.82, 2.24) is 4.98 Å². The standard InChI is InChI=1S/C6H5ClF2N2O2S/c7-14(12,13)4-2-11-1-3(10)5(4)6(8)9/h1-2,6H,10H2. The highest BCUT2D eigenvalue weighted by molar-refractivity contribution is 8.13. The molecule has 0 aliphatic rings. The highest BCUT2D eigenvalue weighted by Gasteiger charge is 2.24. The molecule has 0 fully saturated rings. The van der Waals surface area contributed by atoms with Gasteiger partial charge in [0.25, 0.3) is 15.5 Å². The van der Waals surface area contributed by atoms with E-state index in [0.717, 1.165) is 12.4 Å². The van der Waals surface area contributed by atoms with Gasteiger partial charge in [0.2, 0.25) is 0 Å². The predicted octanol–water partition coefficient (Wildman–Crippen LogP) is 1.53. The normalized spacial score (nSPS) is 12.0. The van der Waals surface area contributed by atoms with Gasteiger partial charge in [-0.25, -0.2) is 17.2 Å². The number of halogens is 3. The second-order valence-corrected chi connectivity index (χ2v) is 4.91. The molecule has 1 aromatic heterocycles.